The lowest BCUT2D eigenvalue weighted by atomic mass is 10.1. The Bertz CT molecular complexity index is 488. The van der Waals surface area contributed by atoms with Crippen LogP contribution in [0.4, 0.5) is 5.82 Å². The maximum absolute atomic E-state index is 11.9. The van der Waals surface area contributed by atoms with Crippen molar-refractivity contribution in [1.29, 1.82) is 0 Å². The first-order chi connectivity index (χ1) is 10.1. The number of carbonyl (C=O) groups is 1. The molecular formula is C16H25N3O2. The zero-order chi connectivity index (χ0) is 15.2. The number of carbonyl (C=O) groups excluding carboxylic acids is 1. The third kappa shape index (κ3) is 3.93. The third-order valence-corrected chi connectivity index (χ3v) is 3.85. The molecule has 2 rings (SSSR count). The van der Waals surface area contributed by atoms with Crippen molar-refractivity contribution in [2.75, 3.05) is 18.1 Å². The Labute approximate surface area is 126 Å². The van der Waals surface area contributed by atoms with Gasteiger partial charge in [0.25, 0.3) is 0 Å². The molecular weight excluding hydrogens is 266 g/mol. The van der Waals surface area contributed by atoms with Gasteiger partial charge in [-0.3, -0.25) is 4.79 Å². The first-order valence-electron chi connectivity index (χ1n) is 7.88. The molecule has 0 unspecified atom stereocenters. The molecule has 0 aromatic carbocycles. The number of aryl methyl sites for hydroxylation is 1. The van der Waals surface area contributed by atoms with Crippen molar-refractivity contribution in [3.05, 3.63) is 17.6 Å². The molecule has 1 heterocycles. The lowest BCUT2D eigenvalue weighted by Gasteiger charge is -2.29. The van der Waals surface area contributed by atoms with Crippen molar-refractivity contribution in [1.82, 2.24) is 9.97 Å². The van der Waals surface area contributed by atoms with Gasteiger partial charge in [0.15, 0.2) is 0 Å². The summed E-state index contributed by atoms with van der Waals surface area (Å²) < 4.78 is 5.09. The molecule has 5 nitrogen and oxygen atoms in total. The fourth-order valence-electron chi connectivity index (χ4n) is 2.78. The number of fused-ring (bicyclic) bond motifs is 1. The summed E-state index contributed by atoms with van der Waals surface area (Å²) in [6.45, 7) is 6.63. The van der Waals surface area contributed by atoms with Crippen LogP contribution < -0.4 is 4.90 Å². The summed E-state index contributed by atoms with van der Waals surface area (Å²) in [7, 11) is 0. The molecule has 21 heavy (non-hydrogen) atoms. The van der Waals surface area contributed by atoms with Crippen LogP contribution in [0.5, 0.6) is 0 Å². The minimum atomic E-state index is -0.202. The van der Waals surface area contributed by atoms with Crippen LogP contribution in [0.25, 0.3) is 0 Å². The summed E-state index contributed by atoms with van der Waals surface area (Å²) in [6, 6.07) is 0.191. The van der Waals surface area contributed by atoms with E-state index in [4.69, 9.17) is 4.74 Å². The third-order valence-electron chi connectivity index (χ3n) is 3.85. The van der Waals surface area contributed by atoms with Crippen molar-refractivity contribution in [2.45, 2.75) is 58.9 Å². The van der Waals surface area contributed by atoms with E-state index in [-0.39, 0.29) is 18.6 Å². The highest BCUT2D eigenvalue weighted by Gasteiger charge is 2.23. The maximum atomic E-state index is 11.9. The average Bonchev–Trinajstić information content (AvgIpc) is 2.70. The standard InChI is InChI=1S/C16H25N3O2/c1-4-21-15(20)10-19(12(2)3)16-13-8-6-5-7-9-14(13)17-11-18-16/h11-12H,4-10H2,1-3H3. The van der Waals surface area contributed by atoms with E-state index in [0.717, 1.165) is 24.4 Å². The average molecular weight is 291 g/mol. The van der Waals surface area contributed by atoms with Gasteiger partial charge in [-0.15, -0.1) is 0 Å². The topological polar surface area (TPSA) is 55.3 Å². The van der Waals surface area contributed by atoms with Gasteiger partial charge in [-0.1, -0.05) is 6.42 Å². The molecule has 1 aromatic rings. The van der Waals surface area contributed by atoms with Crippen LogP contribution in [-0.4, -0.2) is 35.1 Å². The van der Waals surface area contributed by atoms with Crippen LogP contribution in [-0.2, 0) is 22.4 Å². The molecule has 1 aromatic heterocycles. The van der Waals surface area contributed by atoms with E-state index in [0.29, 0.717) is 6.61 Å². The molecule has 0 radical (unpaired) electrons. The quantitative estimate of drug-likeness (QED) is 0.616. The van der Waals surface area contributed by atoms with Crippen LogP contribution in [0.1, 0.15) is 51.3 Å². The van der Waals surface area contributed by atoms with Crippen molar-refractivity contribution in [3.8, 4) is 0 Å². The largest absolute Gasteiger partial charge is 0.465 e. The van der Waals surface area contributed by atoms with E-state index in [9.17, 15) is 4.79 Å². The molecule has 5 heteroatoms. The number of rotatable bonds is 5. The normalized spacial score (nSPS) is 14.5. The van der Waals surface area contributed by atoms with Gasteiger partial charge in [0.1, 0.15) is 18.7 Å². The van der Waals surface area contributed by atoms with Gasteiger partial charge in [0.05, 0.1) is 6.61 Å². The summed E-state index contributed by atoms with van der Waals surface area (Å²) in [6.07, 6.45) is 7.21. The highest BCUT2D eigenvalue weighted by Crippen LogP contribution is 2.27. The summed E-state index contributed by atoms with van der Waals surface area (Å²) in [5.74, 6) is 0.706. The van der Waals surface area contributed by atoms with Gasteiger partial charge in [-0.05, 0) is 46.5 Å². The summed E-state index contributed by atoms with van der Waals surface area (Å²) >= 11 is 0. The molecule has 0 amide bonds. The Balaban J connectivity index is 2.30. The van der Waals surface area contributed by atoms with Gasteiger partial charge < -0.3 is 9.64 Å². The highest BCUT2D eigenvalue weighted by molar-refractivity contribution is 5.76. The predicted molar refractivity (Wildman–Crippen MR) is 82.4 cm³/mol. The van der Waals surface area contributed by atoms with Crippen LogP contribution in [0.2, 0.25) is 0 Å². The number of hydrogen-bond donors (Lipinski definition) is 0. The number of anilines is 1. The molecule has 0 N–H and O–H groups in total. The Morgan fingerprint density at radius 3 is 2.76 bits per heavy atom. The van der Waals surface area contributed by atoms with Gasteiger partial charge in [0, 0.05) is 17.3 Å². The number of ether oxygens (including phenoxy) is 1. The van der Waals surface area contributed by atoms with Gasteiger partial charge in [0.2, 0.25) is 0 Å². The summed E-state index contributed by atoms with van der Waals surface area (Å²) in [4.78, 5) is 22.8. The molecule has 0 bridgehead atoms. The Hall–Kier alpha value is -1.65. The number of nitrogens with zero attached hydrogens (tertiary/aromatic N) is 3. The summed E-state index contributed by atoms with van der Waals surface area (Å²) in [5.41, 5.74) is 2.36. The molecule has 0 atom stereocenters. The van der Waals surface area contributed by atoms with E-state index in [1.165, 1.54) is 24.8 Å². The monoisotopic (exact) mass is 291 g/mol. The Morgan fingerprint density at radius 1 is 1.29 bits per heavy atom. The molecule has 1 aliphatic carbocycles. The van der Waals surface area contributed by atoms with Crippen molar-refractivity contribution in [3.63, 3.8) is 0 Å². The Kier molecular flexibility index (Phi) is 5.53. The lowest BCUT2D eigenvalue weighted by Crippen LogP contribution is -2.38. The fourth-order valence-corrected chi connectivity index (χ4v) is 2.78. The zero-order valence-corrected chi connectivity index (χ0v) is 13.3. The van der Waals surface area contributed by atoms with Crippen LogP contribution >= 0.6 is 0 Å². The highest BCUT2D eigenvalue weighted by atomic mass is 16.5. The van der Waals surface area contributed by atoms with E-state index in [1.54, 1.807) is 6.33 Å². The zero-order valence-electron chi connectivity index (χ0n) is 13.3. The molecule has 1 aliphatic rings. The molecule has 0 saturated heterocycles. The fraction of sp³-hybridized carbons (Fsp3) is 0.688. The van der Waals surface area contributed by atoms with Gasteiger partial charge in [-0.2, -0.15) is 0 Å². The minimum absolute atomic E-state index is 0.191. The predicted octanol–water partition coefficient (Wildman–Crippen LogP) is 2.52. The SMILES string of the molecule is CCOC(=O)CN(c1ncnc2c1CCCCC2)C(C)C. The second-order valence-corrected chi connectivity index (χ2v) is 5.71. The first-order valence-corrected chi connectivity index (χ1v) is 7.88. The van der Waals surface area contributed by atoms with Crippen LogP contribution in [0, 0.1) is 0 Å². The molecule has 0 fully saturated rings. The smallest absolute Gasteiger partial charge is 0.325 e. The number of aromatic nitrogens is 2. The van der Waals surface area contributed by atoms with Crippen molar-refractivity contribution >= 4 is 11.8 Å². The molecule has 0 saturated carbocycles. The number of hydrogen-bond acceptors (Lipinski definition) is 5. The minimum Gasteiger partial charge on any atom is -0.465 e. The van der Waals surface area contributed by atoms with Gasteiger partial charge in [-0.25, -0.2) is 9.97 Å². The number of esters is 1. The molecule has 0 aliphatic heterocycles. The first kappa shape index (κ1) is 15.7. The van der Waals surface area contributed by atoms with Crippen molar-refractivity contribution < 1.29 is 9.53 Å². The van der Waals surface area contributed by atoms with E-state index < -0.39 is 0 Å². The second kappa shape index (κ2) is 7.38. The Morgan fingerprint density at radius 2 is 2.05 bits per heavy atom. The van der Waals surface area contributed by atoms with E-state index in [2.05, 4.69) is 23.8 Å². The summed E-state index contributed by atoms with van der Waals surface area (Å²) in [5, 5.41) is 0. The van der Waals surface area contributed by atoms with Crippen LogP contribution in [0.3, 0.4) is 0 Å². The lowest BCUT2D eigenvalue weighted by molar-refractivity contribution is -0.141. The van der Waals surface area contributed by atoms with Crippen LogP contribution in [0.15, 0.2) is 6.33 Å². The second-order valence-electron chi connectivity index (χ2n) is 5.71. The van der Waals surface area contributed by atoms with E-state index in [1.807, 2.05) is 11.8 Å². The maximum Gasteiger partial charge on any atom is 0.325 e. The van der Waals surface area contributed by atoms with Crippen molar-refractivity contribution in [2.24, 2.45) is 0 Å². The van der Waals surface area contributed by atoms with E-state index >= 15 is 0 Å². The molecule has 116 valence electrons. The molecule has 0 spiro atoms. The van der Waals surface area contributed by atoms with Gasteiger partial charge >= 0.3 is 5.97 Å².